The molecule has 2 aliphatic rings. The average Bonchev–Trinajstić information content (AvgIpc) is 2.49. The van der Waals surface area contributed by atoms with Crippen molar-refractivity contribution >= 4 is 0 Å². The topological polar surface area (TPSA) is 26.0 Å². The minimum atomic E-state index is 0.515. The average molecular weight is 280 g/mol. The molecule has 118 valence electrons. The summed E-state index contributed by atoms with van der Waals surface area (Å²) >= 11 is 0. The van der Waals surface area contributed by atoms with Gasteiger partial charge in [-0.05, 0) is 37.5 Å². The smallest absolute Gasteiger partial charge is 0.00390 e. The summed E-state index contributed by atoms with van der Waals surface area (Å²) in [5.41, 5.74) is 6.08. The zero-order valence-electron chi connectivity index (χ0n) is 13.6. The van der Waals surface area contributed by atoms with Crippen LogP contribution in [0.3, 0.4) is 0 Å². The van der Waals surface area contributed by atoms with E-state index in [2.05, 4.69) is 0 Å². The van der Waals surface area contributed by atoms with Crippen molar-refractivity contribution < 1.29 is 0 Å². The molecule has 20 heavy (non-hydrogen) atoms. The van der Waals surface area contributed by atoms with Gasteiger partial charge < -0.3 is 5.73 Å². The molecule has 0 unspecified atom stereocenters. The zero-order chi connectivity index (χ0) is 14.0. The van der Waals surface area contributed by atoms with Crippen LogP contribution in [0.2, 0.25) is 0 Å². The summed E-state index contributed by atoms with van der Waals surface area (Å²) in [5, 5.41) is 0. The quantitative estimate of drug-likeness (QED) is 0.643. The number of hydrogen-bond acceptors (Lipinski definition) is 1. The second-order valence-electron chi connectivity index (χ2n) is 7.55. The van der Waals surface area contributed by atoms with Crippen molar-refractivity contribution in [1.82, 2.24) is 0 Å². The first kappa shape index (κ1) is 16.3. The molecule has 0 heterocycles. The van der Waals surface area contributed by atoms with Gasteiger partial charge in [-0.25, -0.2) is 0 Å². The van der Waals surface area contributed by atoms with Crippen molar-refractivity contribution in [2.45, 2.75) is 109 Å². The van der Waals surface area contributed by atoms with E-state index >= 15 is 0 Å². The Bertz CT molecular complexity index is 216. The van der Waals surface area contributed by atoms with Gasteiger partial charge in [-0.3, -0.25) is 0 Å². The van der Waals surface area contributed by atoms with Crippen LogP contribution in [-0.2, 0) is 0 Å². The van der Waals surface area contributed by atoms with Gasteiger partial charge in [0, 0.05) is 6.04 Å². The molecule has 2 saturated carbocycles. The third kappa shape index (κ3) is 6.16. The molecule has 0 aromatic rings. The normalized spacial score (nSPS) is 32.9. The molecular weight excluding hydrogens is 242 g/mol. The van der Waals surface area contributed by atoms with E-state index in [9.17, 15) is 0 Å². The minimum absolute atomic E-state index is 0.515. The standard InChI is InChI=1S/C19H37N/c20-19-15-13-18(14-16-19)17-11-9-7-5-3-1-2-4-6-8-10-12-17/h17-19H,1-16,20H2. The van der Waals surface area contributed by atoms with Crippen LogP contribution in [0.25, 0.3) is 0 Å². The van der Waals surface area contributed by atoms with Gasteiger partial charge in [-0.2, -0.15) is 0 Å². The summed E-state index contributed by atoms with van der Waals surface area (Å²) in [4.78, 5) is 0. The van der Waals surface area contributed by atoms with E-state index in [1.807, 2.05) is 0 Å². The molecule has 1 heteroatoms. The van der Waals surface area contributed by atoms with Crippen LogP contribution < -0.4 is 5.73 Å². The molecule has 0 radical (unpaired) electrons. The molecule has 2 rings (SSSR count). The highest BCUT2D eigenvalue weighted by Crippen LogP contribution is 2.35. The van der Waals surface area contributed by atoms with Crippen molar-refractivity contribution in [2.75, 3.05) is 0 Å². The van der Waals surface area contributed by atoms with E-state index in [4.69, 9.17) is 5.73 Å². The van der Waals surface area contributed by atoms with Crippen LogP contribution in [0.4, 0.5) is 0 Å². The second-order valence-corrected chi connectivity index (χ2v) is 7.55. The predicted octanol–water partition coefficient (Wildman–Crippen LogP) is 5.81. The van der Waals surface area contributed by atoms with Gasteiger partial charge in [-0.1, -0.05) is 77.0 Å². The van der Waals surface area contributed by atoms with Gasteiger partial charge in [0.25, 0.3) is 0 Å². The van der Waals surface area contributed by atoms with Gasteiger partial charge >= 0.3 is 0 Å². The molecule has 2 N–H and O–H groups in total. The molecule has 1 nitrogen and oxygen atoms in total. The molecule has 0 aromatic carbocycles. The Morgan fingerprint density at radius 1 is 0.400 bits per heavy atom. The Kier molecular flexibility index (Phi) is 8.02. The maximum atomic E-state index is 6.08. The van der Waals surface area contributed by atoms with E-state index in [0.29, 0.717) is 6.04 Å². The van der Waals surface area contributed by atoms with Crippen LogP contribution in [0.1, 0.15) is 103 Å². The molecular formula is C19H37N. The molecule has 0 aliphatic heterocycles. The van der Waals surface area contributed by atoms with Gasteiger partial charge in [0.2, 0.25) is 0 Å². The van der Waals surface area contributed by atoms with Gasteiger partial charge in [0.05, 0.1) is 0 Å². The maximum absolute atomic E-state index is 6.08. The SMILES string of the molecule is NC1CCC(C2CCCCCCCCCCCC2)CC1. The minimum Gasteiger partial charge on any atom is -0.328 e. The van der Waals surface area contributed by atoms with E-state index in [1.165, 1.54) is 103 Å². The van der Waals surface area contributed by atoms with E-state index in [0.717, 1.165) is 11.8 Å². The Morgan fingerprint density at radius 3 is 1.20 bits per heavy atom. The van der Waals surface area contributed by atoms with E-state index in [1.54, 1.807) is 0 Å². The number of rotatable bonds is 1. The second kappa shape index (κ2) is 9.82. The highest BCUT2D eigenvalue weighted by atomic mass is 14.6. The number of nitrogens with two attached hydrogens (primary N) is 1. The van der Waals surface area contributed by atoms with Crippen molar-refractivity contribution in [2.24, 2.45) is 17.6 Å². The van der Waals surface area contributed by atoms with Crippen LogP contribution in [0.15, 0.2) is 0 Å². The lowest BCUT2D eigenvalue weighted by Gasteiger charge is -2.33. The van der Waals surface area contributed by atoms with E-state index in [-0.39, 0.29) is 0 Å². The monoisotopic (exact) mass is 279 g/mol. The van der Waals surface area contributed by atoms with Crippen LogP contribution in [-0.4, -0.2) is 6.04 Å². The molecule has 0 saturated heterocycles. The third-order valence-electron chi connectivity index (χ3n) is 5.88. The molecule has 0 bridgehead atoms. The summed E-state index contributed by atoms with van der Waals surface area (Å²) in [6, 6.07) is 0.515. The lowest BCUT2D eigenvalue weighted by atomic mass is 9.74. The Morgan fingerprint density at radius 2 is 0.750 bits per heavy atom. The molecule has 2 aliphatic carbocycles. The fourth-order valence-electron chi connectivity index (χ4n) is 4.46. The van der Waals surface area contributed by atoms with Crippen molar-refractivity contribution in [1.29, 1.82) is 0 Å². The lowest BCUT2D eigenvalue weighted by Crippen LogP contribution is -2.29. The molecule has 0 aromatic heterocycles. The Labute approximate surface area is 127 Å². The highest BCUT2D eigenvalue weighted by Gasteiger charge is 2.25. The molecule has 2 fully saturated rings. The molecule has 0 atom stereocenters. The Hall–Kier alpha value is -0.0400. The molecule has 0 spiro atoms. The summed E-state index contributed by atoms with van der Waals surface area (Å²) in [6.07, 6.45) is 23.4. The van der Waals surface area contributed by atoms with Crippen LogP contribution in [0, 0.1) is 11.8 Å². The zero-order valence-corrected chi connectivity index (χ0v) is 13.6. The summed E-state index contributed by atoms with van der Waals surface area (Å²) in [5.74, 6) is 2.04. The van der Waals surface area contributed by atoms with Crippen molar-refractivity contribution in [3.63, 3.8) is 0 Å². The summed E-state index contributed by atoms with van der Waals surface area (Å²) in [6.45, 7) is 0. The van der Waals surface area contributed by atoms with Crippen LogP contribution in [0.5, 0.6) is 0 Å². The van der Waals surface area contributed by atoms with Crippen LogP contribution >= 0.6 is 0 Å². The fourth-order valence-corrected chi connectivity index (χ4v) is 4.46. The predicted molar refractivity (Wildman–Crippen MR) is 88.8 cm³/mol. The number of hydrogen-bond donors (Lipinski definition) is 1. The first-order chi connectivity index (χ1) is 9.86. The first-order valence-electron chi connectivity index (χ1n) is 9.62. The lowest BCUT2D eigenvalue weighted by molar-refractivity contribution is 0.204. The summed E-state index contributed by atoms with van der Waals surface area (Å²) in [7, 11) is 0. The third-order valence-corrected chi connectivity index (χ3v) is 5.88. The molecule has 0 amide bonds. The van der Waals surface area contributed by atoms with Crippen molar-refractivity contribution in [3.8, 4) is 0 Å². The summed E-state index contributed by atoms with van der Waals surface area (Å²) < 4.78 is 0. The highest BCUT2D eigenvalue weighted by molar-refractivity contribution is 4.79. The Balaban J connectivity index is 1.77. The fraction of sp³-hybridized carbons (Fsp3) is 1.00. The van der Waals surface area contributed by atoms with Gasteiger partial charge in [0.15, 0.2) is 0 Å². The van der Waals surface area contributed by atoms with Gasteiger partial charge in [0.1, 0.15) is 0 Å². The first-order valence-corrected chi connectivity index (χ1v) is 9.62. The maximum Gasteiger partial charge on any atom is 0.00390 e. The van der Waals surface area contributed by atoms with Gasteiger partial charge in [-0.15, -0.1) is 0 Å². The van der Waals surface area contributed by atoms with Crippen molar-refractivity contribution in [3.05, 3.63) is 0 Å². The van der Waals surface area contributed by atoms with E-state index < -0.39 is 0 Å². The largest absolute Gasteiger partial charge is 0.328 e.